The van der Waals surface area contributed by atoms with Crippen LogP contribution in [0.3, 0.4) is 0 Å². The fraction of sp³-hybridized carbons (Fsp3) is 0.190. The summed E-state index contributed by atoms with van der Waals surface area (Å²) in [6, 6.07) is 11.7. The molecule has 9 heteroatoms. The summed E-state index contributed by atoms with van der Waals surface area (Å²) < 4.78 is 10.8. The van der Waals surface area contributed by atoms with Gasteiger partial charge in [-0.05, 0) is 55.0 Å². The lowest BCUT2D eigenvalue weighted by Crippen LogP contribution is -2.36. The molecule has 1 saturated heterocycles. The van der Waals surface area contributed by atoms with Crippen LogP contribution in [0.4, 0.5) is 5.69 Å². The largest absolute Gasteiger partial charge is 0.504 e. The van der Waals surface area contributed by atoms with Crippen LogP contribution in [0.5, 0.6) is 17.2 Å². The lowest BCUT2D eigenvalue weighted by molar-refractivity contribution is -0.126. The zero-order chi connectivity index (χ0) is 21.7. The second-order valence-corrected chi connectivity index (χ2v) is 7.88. The molecule has 2 aromatic rings. The molecular formula is C21H20N2O5S2. The maximum Gasteiger partial charge on any atom is 0.266 e. The molecule has 1 heterocycles. The number of thiocarbonyl (C=S) groups is 1. The Morgan fingerprint density at radius 3 is 2.67 bits per heavy atom. The van der Waals surface area contributed by atoms with Crippen LogP contribution < -0.4 is 14.8 Å². The number of methoxy groups -OCH3 is 1. The number of rotatable bonds is 7. The smallest absolute Gasteiger partial charge is 0.266 e. The van der Waals surface area contributed by atoms with E-state index in [4.69, 9.17) is 21.7 Å². The number of hydrogen-bond donors (Lipinski definition) is 2. The minimum atomic E-state index is -0.358. The van der Waals surface area contributed by atoms with Gasteiger partial charge in [0.25, 0.3) is 5.91 Å². The average molecular weight is 445 g/mol. The van der Waals surface area contributed by atoms with Crippen LogP contribution in [0.1, 0.15) is 12.5 Å². The first-order valence-corrected chi connectivity index (χ1v) is 10.3. The Balaban J connectivity index is 1.66. The predicted octanol–water partition coefficient (Wildman–Crippen LogP) is 3.64. The van der Waals surface area contributed by atoms with Crippen molar-refractivity contribution in [2.75, 3.05) is 25.6 Å². The molecule has 2 N–H and O–H groups in total. The number of nitrogens with zero attached hydrogens (tertiary/aromatic N) is 1. The predicted molar refractivity (Wildman–Crippen MR) is 121 cm³/mol. The summed E-state index contributed by atoms with van der Waals surface area (Å²) in [5.41, 5.74) is 1.27. The number of ether oxygens (including phenoxy) is 2. The van der Waals surface area contributed by atoms with E-state index < -0.39 is 0 Å². The van der Waals surface area contributed by atoms with Crippen LogP contribution >= 0.6 is 24.0 Å². The number of phenols is 1. The first-order valence-electron chi connectivity index (χ1n) is 9.06. The van der Waals surface area contributed by atoms with Crippen molar-refractivity contribution < 1.29 is 24.2 Å². The van der Waals surface area contributed by atoms with Gasteiger partial charge in [-0.15, -0.1) is 0 Å². The van der Waals surface area contributed by atoms with Crippen molar-refractivity contribution in [1.82, 2.24) is 4.90 Å². The molecule has 156 valence electrons. The third kappa shape index (κ3) is 5.11. The molecule has 3 rings (SSSR count). The van der Waals surface area contributed by atoms with Crippen molar-refractivity contribution in [2.45, 2.75) is 6.92 Å². The van der Waals surface area contributed by atoms with Gasteiger partial charge < -0.3 is 19.9 Å². The quantitative estimate of drug-likeness (QED) is 0.498. The standard InChI is InChI=1S/C21H20N2O5S2/c1-3-28-15-7-5-14(6-8-15)22-19(25)12-23-20(26)18(30-21(23)29)11-13-4-9-16(24)17(10-13)27-2/h4-11,24H,3,12H2,1-2H3,(H,22,25)/b18-11-. The highest BCUT2D eigenvalue weighted by Crippen LogP contribution is 2.34. The molecule has 1 aliphatic heterocycles. The van der Waals surface area contributed by atoms with Gasteiger partial charge in [-0.1, -0.05) is 30.0 Å². The van der Waals surface area contributed by atoms with E-state index in [-0.39, 0.29) is 24.1 Å². The van der Waals surface area contributed by atoms with Crippen molar-refractivity contribution >= 4 is 51.9 Å². The summed E-state index contributed by atoms with van der Waals surface area (Å²) in [6.45, 7) is 2.27. The molecule has 0 atom stereocenters. The van der Waals surface area contributed by atoms with Crippen LogP contribution in [0.2, 0.25) is 0 Å². The fourth-order valence-electron chi connectivity index (χ4n) is 2.72. The summed E-state index contributed by atoms with van der Waals surface area (Å²) in [6.07, 6.45) is 1.64. The molecular weight excluding hydrogens is 424 g/mol. The summed E-state index contributed by atoms with van der Waals surface area (Å²) >= 11 is 6.39. The molecule has 0 bridgehead atoms. The number of aromatic hydroxyl groups is 1. The van der Waals surface area contributed by atoms with Crippen LogP contribution in [0.25, 0.3) is 6.08 Å². The molecule has 0 unspecified atom stereocenters. The molecule has 0 saturated carbocycles. The Bertz CT molecular complexity index is 1000. The van der Waals surface area contributed by atoms with Crippen molar-refractivity contribution in [3.8, 4) is 17.2 Å². The molecule has 1 fully saturated rings. The normalized spacial score (nSPS) is 14.9. The number of nitrogens with one attached hydrogen (secondary N) is 1. The maximum atomic E-state index is 12.7. The van der Waals surface area contributed by atoms with Crippen LogP contribution in [0, 0.1) is 0 Å². The van der Waals surface area contributed by atoms with E-state index in [0.29, 0.717) is 38.6 Å². The van der Waals surface area contributed by atoms with Gasteiger partial charge >= 0.3 is 0 Å². The topological polar surface area (TPSA) is 88.1 Å². The van der Waals surface area contributed by atoms with E-state index in [1.165, 1.54) is 18.1 Å². The lowest BCUT2D eigenvalue weighted by Gasteiger charge is -2.14. The lowest BCUT2D eigenvalue weighted by atomic mass is 10.2. The van der Waals surface area contributed by atoms with Gasteiger partial charge in [0.2, 0.25) is 5.91 Å². The van der Waals surface area contributed by atoms with Gasteiger partial charge in [0.05, 0.1) is 18.6 Å². The Labute approximate surface area is 183 Å². The van der Waals surface area contributed by atoms with Crippen LogP contribution in [-0.2, 0) is 9.59 Å². The number of hydrogen-bond acceptors (Lipinski definition) is 7. The zero-order valence-corrected chi connectivity index (χ0v) is 18.0. The Morgan fingerprint density at radius 1 is 1.27 bits per heavy atom. The molecule has 0 aliphatic carbocycles. The third-order valence-electron chi connectivity index (χ3n) is 4.13. The second kappa shape index (κ2) is 9.64. The van der Waals surface area contributed by atoms with E-state index in [0.717, 1.165) is 11.8 Å². The number of carbonyl (C=O) groups is 2. The number of amides is 2. The van der Waals surface area contributed by atoms with Gasteiger partial charge in [-0.25, -0.2) is 0 Å². The molecule has 2 aromatic carbocycles. The van der Waals surface area contributed by atoms with Crippen molar-refractivity contribution in [1.29, 1.82) is 0 Å². The van der Waals surface area contributed by atoms with Crippen LogP contribution in [0.15, 0.2) is 47.4 Å². The number of phenolic OH excluding ortho intramolecular Hbond substituents is 1. The van der Waals surface area contributed by atoms with E-state index in [2.05, 4.69) is 5.32 Å². The third-order valence-corrected chi connectivity index (χ3v) is 5.50. The summed E-state index contributed by atoms with van der Waals surface area (Å²) in [5, 5.41) is 12.4. The summed E-state index contributed by atoms with van der Waals surface area (Å²) in [4.78, 5) is 26.8. The number of anilines is 1. The number of carbonyl (C=O) groups excluding carboxylic acids is 2. The molecule has 7 nitrogen and oxygen atoms in total. The Morgan fingerprint density at radius 2 is 2.00 bits per heavy atom. The van der Waals surface area contributed by atoms with Gasteiger partial charge in [0.15, 0.2) is 11.5 Å². The van der Waals surface area contributed by atoms with E-state index in [1.54, 1.807) is 42.5 Å². The highest BCUT2D eigenvalue weighted by molar-refractivity contribution is 8.26. The van der Waals surface area contributed by atoms with Gasteiger partial charge in [0, 0.05) is 5.69 Å². The molecule has 0 radical (unpaired) electrons. The second-order valence-electron chi connectivity index (χ2n) is 6.20. The van der Waals surface area contributed by atoms with Crippen molar-refractivity contribution in [3.05, 3.63) is 52.9 Å². The molecule has 0 spiro atoms. The molecule has 2 amide bonds. The first-order chi connectivity index (χ1) is 14.4. The molecule has 0 aromatic heterocycles. The van der Waals surface area contributed by atoms with Crippen LogP contribution in [-0.4, -0.2) is 46.4 Å². The highest BCUT2D eigenvalue weighted by atomic mass is 32.2. The zero-order valence-electron chi connectivity index (χ0n) is 16.4. The monoisotopic (exact) mass is 444 g/mol. The minimum absolute atomic E-state index is 0.00755. The maximum absolute atomic E-state index is 12.7. The van der Waals surface area contributed by atoms with Crippen molar-refractivity contribution in [3.63, 3.8) is 0 Å². The summed E-state index contributed by atoms with van der Waals surface area (Å²) in [7, 11) is 1.45. The number of thioether (sulfide) groups is 1. The number of benzene rings is 2. The SMILES string of the molecule is CCOc1ccc(NC(=O)CN2C(=O)/C(=C/c3ccc(O)c(OC)c3)SC2=S)cc1. The Hall–Kier alpha value is -3.04. The molecule has 30 heavy (non-hydrogen) atoms. The fourth-order valence-corrected chi connectivity index (χ4v) is 3.97. The van der Waals surface area contributed by atoms with E-state index in [1.807, 2.05) is 6.92 Å². The summed E-state index contributed by atoms with van der Waals surface area (Å²) in [5.74, 6) is 0.312. The van der Waals surface area contributed by atoms with Gasteiger partial charge in [0.1, 0.15) is 16.6 Å². The first kappa shape index (κ1) is 21.7. The van der Waals surface area contributed by atoms with Crippen molar-refractivity contribution in [2.24, 2.45) is 0 Å². The molecule has 1 aliphatic rings. The van der Waals surface area contributed by atoms with Gasteiger partial charge in [-0.3, -0.25) is 14.5 Å². The Kier molecular flexibility index (Phi) is 6.96. The highest BCUT2D eigenvalue weighted by Gasteiger charge is 2.33. The van der Waals surface area contributed by atoms with Gasteiger partial charge in [-0.2, -0.15) is 0 Å². The average Bonchev–Trinajstić information content (AvgIpc) is 2.98. The van der Waals surface area contributed by atoms with E-state index in [9.17, 15) is 14.7 Å². The van der Waals surface area contributed by atoms with E-state index >= 15 is 0 Å². The minimum Gasteiger partial charge on any atom is -0.504 e.